The number of rotatable bonds is 10. The number of aromatic nitrogens is 5. The van der Waals surface area contributed by atoms with E-state index in [2.05, 4.69) is 74.5 Å². The Labute approximate surface area is 584 Å². The van der Waals surface area contributed by atoms with Gasteiger partial charge >= 0.3 is 110 Å². The van der Waals surface area contributed by atoms with E-state index in [1.807, 2.05) is 15.9 Å². The second kappa shape index (κ2) is 46.1. The van der Waals surface area contributed by atoms with Gasteiger partial charge in [-0.05, 0) is 82.7 Å². The van der Waals surface area contributed by atoms with Crippen LogP contribution in [-0.4, -0.2) is 85.1 Å². The molecule has 0 bridgehead atoms. The minimum absolute atomic E-state index is 0. The van der Waals surface area contributed by atoms with Gasteiger partial charge in [0.25, 0.3) is 5.92 Å². The van der Waals surface area contributed by atoms with Crippen LogP contribution in [0.15, 0.2) is 100 Å². The molecule has 5 rings (SSSR count). The van der Waals surface area contributed by atoms with Gasteiger partial charge in [-0.3, -0.25) is 24.9 Å². The van der Waals surface area contributed by atoms with Crippen LogP contribution in [0.3, 0.4) is 0 Å². The van der Waals surface area contributed by atoms with Gasteiger partial charge in [-0.25, -0.2) is 38.2 Å². The van der Waals surface area contributed by atoms with Crippen LogP contribution in [0.2, 0.25) is 0 Å². The molecule has 0 spiro atoms. The molecule has 81 heavy (non-hydrogen) atoms. The third kappa shape index (κ3) is 39.1. The fourth-order valence-electron chi connectivity index (χ4n) is 3.75. The topological polar surface area (TPSA) is 182 Å². The minimum Gasteiger partial charge on any atom is -1.00 e. The zero-order valence-electron chi connectivity index (χ0n) is 44.3. The molecule has 0 aromatic carbocycles. The Hall–Kier alpha value is -3.19. The van der Waals surface area contributed by atoms with E-state index < -0.39 is 58.1 Å². The number of esters is 2. The van der Waals surface area contributed by atoms with Gasteiger partial charge in [0, 0.05) is 76.5 Å². The monoisotopic (exact) mass is 1570 g/mol. The third-order valence-electron chi connectivity index (χ3n) is 7.17. The summed E-state index contributed by atoms with van der Waals surface area (Å²) in [6.45, 7) is 39.4. The third-order valence-corrected chi connectivity index (χ3v) is 9.46. The van der Waals surface area contributed by atoms with E-state index in [9.17, 15) is 54.2 Å². The predicted octanol–water partition coefficient (Wildman–Crippen LogP) is 8.31. The molecule has 0 aliphatic carbocycles. The smallest absolute Gasteiger partial charge is 1.00 e. The number of pyridine rings is 5. The molecule has 5 aromatic rings. The fourth-order valence-corrected chi connectivity index (χ4v) is 4.81. The number of hydrogen-bond donors (Lipinski definition) is 1. The van der Waals surface area contributed by atoms with Crippen molar-refractivity contribution in [2.24, 2.45) is 0 Å². The van der Waals surface area contributed by atoms with Crippen LogP contribution in [0.5, 0.6) is 0 Å². The van der Waals surface area contributed by atoms with Crippen LogP contribution in [0.25, 0.3) is 30.1 Å². The molecule has 0 fully saturated rings. The van der Waals surface area contributed by atoms with E-state index in [4.69, 9.17) is 38.0 Å². The summed E-state index contributed by atoms with van der Waals surface area (Å²) in [7, 11) is 0. The second-order valence-corrected chi connectivity index (χ2v) is 17.5. The average Bonchev–Trinajstić information content (AvgIpc) is 3.41. The number of alkyl halides is 10. The minimum atomic E-state index is -3.78. The molecule has 0 saturated carbocycles. The summed E-state index contributed by atoms with van der Waals surface area (Å²) in [5.74, 6) is -13.6. The van der Waals surface area contributed by atoms with Crippen molar-refractivity contribution in [1.82, 2.24) is 24.9 Å². The first-order valence-electron chi connectivity index (χ1n) is 20.5. The number of carbonyl (C=O) groups excluding carboxylic acids is 2. The average molecular weight is 1570 g/mol. The molecule has 16 nitrogen and oxygen atoms in total. The van der Waals surface area contributed by atoms with Gasteiger partial charge in [0.1, 0.15) is 28.3 Å². The van der Waals surface area contributed by atoms with E-state index in [1.54, 1.807) is 78.1 Å². The van der Waals surface area contributed by atoms with Gasteiger partial charge in [-0.2, -0.15) is 35.1 Å². The number of ether oxygens (including phenoxy) is 2. The number of nitrogens with zero attached hydrogens (tertiary/aromatic N) is 10. The summed E-state index contributed by atoms with van der Waals surface area (Å²) in [5.41, 5.74) is -0.445. The Morgan fingerprint density at radius 3 is 1.22 bits per heavy atom. The summed E-state index contributed by atoms with van der Waals surface area (Å²) in [6, 6.07) is 13.4. The summed E-state index contributed by atoms with van der Waals surface area (Å²) in [6.07, 6.45) is 6.06. The number of halogens is 13. The molecule has 5 heterocycles. The van der Waals surface area contributed by atoms with Crippen molar-refractivity contribution >= 4 is 132 Å². The Kier molecular flexibility index (Phi) is 50.7. The van der Waals surface area contributed by atoms with Crippen molar-refractivity contribution in [3.63, 3.8) is 0 Å². The van der Waals surface area contributed by atoms with Crippen LogP contribution in [0.4, 0.5) is 68.0 Å². The van der Waals surface area contributed by atoms with Crippen molar-refractivity contribution in [2.45, 2.75) is 62.8 Å². The maximum Gasteiger partial charge on any atom is 1.00 e. The molecule has 0 unspecified atom stereocenters. The van der Waals surface area contributed by atoms with Gasteiger partial charge in [0.05, 0.1) is 56.2 Å². The second-order valence-electron chi connectivity index (χ2n) is 14.3. The largest absolute Gasteiger partial charge is 1.00 e. The van der Waals surface area contributed by atoms with Gasteiger partial charge in [-0.1, -0.05) is 73.7 Å². The zero-order valence-corrected chi connectivity index (χ0v) is 56.9. The first-order valence-corrected chi connectivity index (χ1v) is 24.9. The van der Waals surface area contributed by atoms with Crippen molar-refractivity contribution in [1.29, 1.82) is 0 Å². The van der Waals surface area contributed by atoms with E-state index in [-0.39, 0.29) is 160 Å². The van der Waals surface area contributed by atoms with Crippen LogP contribution in [-0.2, 0) is 53.9 Å². The van der Waals surface area contributed by atoms with Gasteiger partial charge < -0.3 is 21.1 Å². The number of aliphatic hydroxyl groups excluding tert-OH is 1. The zero-order chi connectivity index (χ0) is 59.6. The Bertz CT molecular complexity index is 2800. The van der Waals surface area contributed by atoms with E-state index >= 15 is 0 Å². The molecule has 0 atom stereocenters. The van der Waals surface area contributed by atoms with Crippen LogP contribution in [0.1, 0.15) is 58.8 Å². The SMILES string of the molecule is CC(C)(C)[O-].CCOC(=O)C(F)(F)Br.[B].[C-]#[N+]c1ccc(/C(F)=C/I)nc1.[C-]#[N+]c1ccc(Br)nc1.[C-]#[N+]c1ccc(C(F)(F)C(=O)OCC)nc1.[C-]#[N+]c1ccc(C(F)(F)CI)nc1.[C-]#[N+]c1ccc(C(F)(F)CO)nc1.[Cu].[H-].[K+].[Na+]. The molecule has 33 heteroatoms. The van der Waals surface area contributed by atoms with Crippen LogP contribution in [0, 0.1) is 32.9 Å². The fraction of sp³-hybridized carbons (Fsp3) is 0.292. The molecule has 0 aliphatic heterocycles. The molecule has 4 radical (unpaired) electrons. The molecule has 0 aliphatic rings. The van der Waals surface area contributed by atoms with Crippen LogP contribution >= 0.6 is 77.0 Å². The number of aliphatic hydroxyl groups is 1. The summed E-state index contributed by atoms with van der Waals surface area (Å²) >= 11 is 8.40. The van der Waals surface area contributed by atoms with Crippen molar-refractivity contribution in [2.75, 3.05) is 24.2 Å². The maximum atomic E-state index is 13.4. The first kappa shape index (κ1) is 89.0. The molecule has 0 saturated heterocycles. The normalized spacial score (nSPS) is 10.1. The standard InChI is InChI=1S/C10H8F2N2O2.C8H5F2IN2.C8H6F2N2O.C8H4FIN2.C6H3BrN2.C4H5BrF2O2.C4H9O.B.Cu.K.Na.H/c1-3-16-9(15)10(11,12)8-5-4-7(13-2)6-14-8;1-12-6-2-3-7(13-4-6)8(9,10)5-11;1-11-6-2-3-7(12-4-6)8(9,10)5-13;1-11-6-2-3-8(12-5-6)7(9)4-10;1-8-5-2-3-6(7)9-4-5;1-2-9-3(8)4(5,6)7;1-4(2,3)5;;;;;/h4-6H,3H2,1H3;2-4H,5H2;2-4,13H,5H2;2-5H;2-4H;2H2,1H3;1-3H3;;;;;/q;;;;;;-1;;;2*+1;-1/b;;;7-4-;;;;;;;;. The number of carbonyl (C=O) groups is 2. The maximum absolute atomic E-state index is 13.4. The summed E-state index contributed by atoms with van der Waals surface area (Å²) in [4.78, 5) is 50.7. The van der Waals surface area contributed by atoms with Gasteiger partial charge in [-0.15, -0.1) is 5.60 Å². The quantitative estimate of drug-likeness (QED) is 0.0270. The summed E-state index contributed by atoms with van der Waals surface area (Å²) in [5, 5.41) is 18.4. The molecule has 0 amide bonds. The van der Waals surface area contributed by atoms with Crippen molar-refractivity contribution in [3.05, 3.63) is 180 Å². The Morgan fingerprint density at radius 2 is 0.975 bits per heavy atom. The first-order chi connectivity index (χ1) is 35.8. The predicted molar refractivity (Wildman–Crippen MR) is 295 cm³/mol. The van der Waals surface area contributed by atoms with Crippen molar-refractivity contribution in [3.8, 4) is 0 Å². The van der Waals surface area contributed by atoms with Crippen LogP contribution < -0.4 is 86.0 Å². The molecule has 1 N–H and O–H groups in total. The molecular formula is C48H41BBr2CuF9I2KN10NaO6. The number of hydrogen-bond acceptors (Lipinski definition) is 11. The molecular weight excluding hydrogens is 1530 g/mol. The van der Waals surface area contributed by atoms with Gasteiger partial charge in [0.15, 0.2) is 5.83 Å². The molecule has 426 valence electrons. The van der Waals surface area contributed by atoms with Gasteiger partial charge in [0.2, 0.25) is 28.4 Å². The van der Waals surface area contributed by atoms with E-state index in [1.165, 1.54) is 66.7 Å². The molecule has 5 aromatic heterocycles. The summed E-state index contributed by atoms with van der Waals surface area (Å²) < 4.78 is 124. The Balaban J connectivity index is -0.000000161. The van der Waals surface area contributed by atoms with E-state index in [0.717, 1.165) is 35.3 Å². The van der Waals surface area contributed by atoms with Crippen molar-refractivity contribution < 1.29 is 168 Å². The van der Waals surface area contributed by atoms with E-state index in [0.29, 0.717) is 11.4 Å². The Morgan fingerprint density at radius 1 is 0.654 bits per heavy atom.